The van der Waals surface area contributed by atoms with Crippen LogP contribution in [0.1, 0.15) is 22.1 Å². The normalized spacial score (nSPS) is 10.3. The first-order valence-corrected chi connectivity index (χ1v) is 5.12. The number of aromatic carboxylic acids is 1. The van der Waals surface area contributed by atoms with Crippen molar-refractivity contribution in [2.75, 3.05) is 5.32 Å². The van der Waals surface area contributed by atoms with Crippen LogP contribution in [0.15, 0.2) is 22.7 Å². The minimum absolute atomic E-state index is 0.243. The van der Waals surface area contributed by atoms with Gasteiger partial charge in [0.25, 0.3) is 0 Å². The lowest BCUT2D eigenvalue weighted by atomic mass is 10.2. The Bertz CT molecular complexity index is 583. The number of carboxylic acids is 1. The van der Waals surface area contributed by atoms with Crippen LogP contribution in [0.2, 0.25) is 0 Å². The maximum atomic E-state index is 13.4. The number of nitrogens with one attached hydrogen (secondary N) is 1. The SMILES string of the molecule is Cc1noc(CNc2ccc(C(=O)O)c(F)c2)n1. The fourth-order valence-corrected chi connectivity index (χ4v) is 1.39. The molecule has 0 fully saturated rings. The van der Waals surface area contributed by atoms with E-state index in [0.717, 1.165) is 6.07 Å². The van der Waals surface area contributed by atoms with Crippen LogP contribution in [0.25, 0.3) is 0 Å². The number of carbonyl (C=O) groups is 1. The molecule has 0 spiro atoms. The highest BCUT2D eigenvalue weighted by Gasteiger charge is 2.10. The van der Waals surface area contributed by atoms with E-state index >= 15 is 0 Å². The fraction of sp³-hybridized carbons (Fsp3) is 0.182. The van der Waals surface area contributed by atoms with E-state index in [4.69, 9.17) is 9.63 Å². The van der Waals surface area contributed by atoms with Crippen LogP contribution in [-0.2, 0) is 6.54 Å². The molecule has 0 amide bonds. The predicted octanol–water partition coefficient (Wildman–Crippen LogP) is 1.83. The highest BCUT2D eigenvalue weighted by molar-refractivity contribution is 5.88. The molecule has 0 aliphatic rings. The van der Waals surface area contributed by atoms with Gasteiger partial charge in [0.1, 0.15) is 5.82 Å². The van der Waals surface area contributed by atoms with E-state index in [2.05, 4.69) is 15.5 Å². The molecule has 0 radical (unpaired) electrons. The molecule has 6 nitrogen and oxygen atoms in total. The van der Waals surface area contributed by atoms with Crippen molar-refractivity contribution in [1.29, 1.82) is 0 Å². The standard InChI is InChI=1S/C11H10FN3O3/c1-6-14-10(18-15-6)5-13-7-2-3-8(11(16)17)9(12)4-7/h2-4,13H,5H2,1H3,(H,16,17). The summed E-state index contributed by atoms with van der Waals surface area (Å²) in [5, 5.41) is 15.1. The summed E-state index contributed by atoms with van der Waals surface area (Å²) in [6, 6.07) is 3.77. The summed E-state index contributed by atoms with van der Waals surface area (Å²) in [4.78, 5) is 14.6. The van der Waals surface area contributed by atoms with Gasteiger partial charge in [-0.15, -0.1) is 0 Å². The van der Waals surface area contributed by atoms with Crippen LogP contribution in [0.3, 0.4) is 0 Å². The quantitative estimate of drug-likeness (QED) is 0.861. The number of aryl methyl sites for hydroxylation is 1. The number of hydrogen-bond donors (Lipinski definition) is 2. The molecule has 7 heteroatoms. The van der Waals surface area contributed by atoms with Crippen LogP contribution >= 0.6 is 0 Å². The molecule has 94 valence electrons. The third-order valence-corrected chi connectivity index (χ3v) is 2.21. The van der Waals surface area contributed by atoms with E-state index in [-0.39, 0.29) is 12.1 Å². The van der Waals surface area contributed by atoms with Crippen LogP contribution in [0.5, 0.6) is 0 Å². The smallest absolute Gasteiger partial charge is 0.338 e. The van der Waals surface area contributed by atoms with Gasteiger partial charge in [0.2, 0.25) is 5.89 Å². The zero-order valence-corrected chi connectivity index (χ0v) is 9.48. The molecule has 0 bridgehead atoms. The Morgan fingerprint density at radius 2 is 2.33 bits per heavy atom. The number of aromatic nitrogens is 2. The van der Waals surface area contributed by atoms with E-state index in [1.807, 2.05) is 0 Å². The molecule has 0 unspecified atom stereocenters. The summed E-state index contributed by atoms with van der Waals surface area (Å²) < 4.78 is 18.2. The second-order valence-corrected chi connectivity index (χ2v) is 3.59. The van der Waals surface area contributed by atoms with Gasteiger partial charge in [-0.2, -0.15) is 4.98 Å². The third-order valence-electron chi connectivity index (χ3n) is 2.21. The van der Waals surface area contributed by atoms with Crippen molar-refractivity contribution in [1.82, 2.24) is 10.1 Å². The average molecular weight is 251 g/mol. The minimum atomic E-state index is -1.30. The van der Waals surface area contributed by atoms with Crippen LogP contribution < -0.4 is 5.32 Å². The Hall–Kier alpha value is -2.44. The summed E-state index contributed by atoms with van der Waals surface area (Å²) in [6.07, 6.45) is 0. The molecule has 0 atom stereocenters. The molecular formula is C11H10FN3O3. The maximum Gasteiger partial charge on any atom is 0.338 e. The molecule has 1 aromatic heterocycles. The Morgan fingerprint density at radius 1 is 1.56 bits per heavy atom. The summed E-state index contributed by atoms with van der Waals surface area (Å²) in [7, 11) is 0. The fourth-order valence-electron chi connectivity index (χ4n) is 1.39. The molecule has 1 heterocycles. The van der Waals surface area contributed by atoms with Gasteiger partial charge in [-0.05, 0) is 25.1 Å². The third kappa shape index (κ3) is 2.62. The number of carboxylic acid groups (broad SMARTS) is 1. The van der Waals surface area contributed by atoms with Crippen molar-refractivity contribution in [3.8, 4) is 0 Å². The lowest BCUT2D eigenvalue weighted by Crippen LogP contribution is -2.04. The molecular weight excluding hydrogens is 241 g/mol. The summed E-state index contributed by atoms with van der Waals surface area (Å²) in [5.41, 5.74) is 0.0718. The summed E-state index contributed by atoms with van der Waals surface area (Å²) >= 11 is 0. The van der Waals surface area contributed by atoms with E-state index in [9.17, 15) is 9.18 Å². The van der Waals surface area contributed by atoms with Crippen molar-refractivity contribution < 1.29 is 18.8 Å². The largest absolute Gasteiger partial charge is 0.478 e. The number of hydrogen-bond acceptors (Lipinski definition) is 5. The molecule has 2 aromatic rings. The first-order valence-electron chi connectivity index (χ1n) is 5.12. The van der Waals surface area contributed by atoms with Crippen molar-refractivity contribution in [2.24, 2.45) is 0 Å². The monoisotopic (exact) mass is 251 g/mol. The van der Waals surface area contributed by atoms with Gasteiger partial charge in [0, 0.05) is 5.69 Å². The highest BCUT2D eigenvalue weighted by Crippen LogP contribution is 2.15. The predicted molar refractivity (Wildman–Crippen MR) is 59.7 cm³/mol. The van der Waals surface area contributed by atoms with Gasteiger partial charge in [0.05, 0.1) is 12.1 Å². The molecule has 2 N–H and O–H groups in total. The van der Waals surface area contributed by atoms with Crippen molar-refractivity contribution in [3.63, 3.8) is 0 Å². The molecule has 0 saturated carbocycles. The second-order valence-electron chi connectivity index (χ2n) is 3.59. The van der Waals surface area contributed by atoms with Gasteiger partial charge in [-0.3, -0.25) is 0 Å². The topological polar surface area (TPSA) is 88.2 Å². The van der Waals surface area contributed by atoms with Crippen LogP contribution in [0, 0.1) is 12.7 Å². The number of anilines is 1. The Morgan fingerprint density at radius 3 is 2.89 bits per heavy atom. The van der Waals surface area contributed by atoms with E-state index < -0.39 is 11.8 Å². The number of rotatable bonds is 4. The minimum Gasteiger partial charge on any atom is -0.478 e. The molecule has 0 saturated heterocycles. The Balaban J connectivity index is 2.06. The molecule has 0 aliphatic carbocycles. The molecule has 2 rings (SSSR count). The van der Waals surface area contributed by atoms with Crippen LogP contribution in [-0.4, -0.2) is 21.2 Å². The van der Waals surface area contributed by atoms with Gasteiger partial charge in [-0.1, -0.05) is 5.16 Å². The average Bonchev–Trinajstić information content (AvgIpc) is 2.72. The summed E-state index contributed by atoms with van der Waals surface area (Å²) in [5.74, 6) is -1.21. The molecule has 1 aromatic carbocycles. The lowest BCUT2D eigenvalue weighted by molar-refractivity contribution is 0.0692. The maximum absolute atomic E-state index is 13.4. The first-order chi connectivity index (χ1) is 8.56. The zero-order chi connectivity index (χ0) is 13.1. The van der Waals surface area contributed by atoms with E-state index in [1.165, 1.54) is 12.1 Å². The van der Waals surface area contributed by atoms with Crippen molar-refractivity contribution in [3.05, 3.63) is 41.3 Å². The number of halogens is 1. The zero-order valence-electron chi connectivity index (χ0n) is 9.48. The number of benzene rings is 1. The number of nitrogens with zero attached hydrogens (tertiary/aromatic N) is 2. The molecule has 0 aliphatic heterocycles. The highest BCUT2D eigenvalue weighted by atomic mass is 19.1. The van der Waals surface area contributed by atoms with Crippen molar-refractivity contribution in [2.45, 2.75) is 13.5 Å². The van der Waals surface area contributed by atoms with Gasteiger partial charge in [0.15, 0.2) is 5.82 Å². The van der Waals surface area contributed by atoms with Crippen LogP contribution in [0.4, 0.5) is 10.1 Å². The Labute approximate surface area is 101 Å². The lowest BCUT2D eigenvalue weighted by Gasteiger charge is -2.04. The van der Waals surface area contributed by atoms with Gasteiger partial charge in [-0.25, -0.2) is 9.18 Å². The van der Waals surface area contributed by atoms with E-state index in [1.54, 1.807) is 6.92 Å². The van der Waals surface area contributed by atoms with Gasteiger partial charge < -0.3 is 14.9 Å². The molecule has 18 heavy (non-hydrogen) atoms. The van der Waals surface area contributed by atoms with E-state index in [0.29, 0.717) is 17.4 Å². The van der Waals surface area contributed by atoms with Gasteiger partial charge >= 0.3 is 5.97 Å². The van der Waals surface area contributed by atoms with Crippen molar-refractivity contribution >= 4 is 11.7 Å². The first kappa shape index (κ1) is 12.0. The Kier molecular flexibility index (Phi) is 3.22. The second kappa shape index (κ2) is 4.82. The summed E-state index contributed by atoms with van der Waals surface area (Å²) in [6.45, 7) is 1.93.